The van der Waals surface area contributed by atoms with Gasteiger partial charge in [-0.2, -0.15) is 0 Å². The Bertz CT molecular complexity index is 801. The van der Waals surface area contributed by atoms with Crippen molar-refractivity contribution in [2.24, 2.45) is 5.92 Å². The minimum atomic E-state index is -0.884. The van der Waals surface area contributed by atoms with Gasteiger partial charge in [0.15, 0.2) is 12.2 Å². The van der Waals surface area contributed by atoms with E-state index in [2.05, 4.69) is 5.32 Å². The number of carbonyl (C=O) groups excluding carboxylic acids is 3. The molecule has 3 rings (SSSR count). The maximum Gasteiger partial charge on any atom is 0.326 e. The zero-order valence-corrected chi connectivity index (χ0v) is 18.3. The average molecular weight is 417 g/mol. The van der Waals surface area contributed by atoms with Crippen LogP contribution in [0.5, 0.6) is 5.75 Å². The first-order valence-corrected chi connectivity index (χ1v) is 10.8. The van der Waals surface area contributed by atoms with Crippen molar-refractivity contribution in [2.75, 3.05) is 11.4 Å². The number of rotatable bonds is 6. The van der Waals surface area contributed by atoms with E-state index in [9.17, 15) is 14.4 Å². The minimum Gasteiger partial charge on any atom is -0.479 e. The third-order valence-electron chi connectivity index (χ3n) is 5.68. The van der Waals surface area contributed by atoms with Crippen molar-refractivity contribution in [3.63, 3.8) is 0 Å². The smallest absolute Gasteiger partial charge is 0.326 e. The van der Waals surface area contributed by atoms with E-state index in [0.29, 0.717) is 11.4 Å². The van der Waals surface area contributed by atoms with Crippen LogP contribution in [-0.2, 0) is 19.1 Å². The largest absolute Gasteiger partial charge is 0.479 e. The molecule has 7 nitrogen and oxygen atoms in total. The summed E-state index contributed by atoms with van der Waals surface area (Å²) < 4.78 is 11.2. The summed E-state index contributed by atoms with van der Waals surface area (Å²) in [4.78, 5) is 39.5. The third-order valence-corrected chi connectivity index (χ3v) is 5.68. The normalized spacial score (nSPS) is 20.4. The number of esters is 1. The van der Waals surface area contributed by atoms with Crippen LogP contribution in [0.3, 0.4) is 0 Å². The zero-order chi connectivity index (χ0) is 21.8. The van der Waals surface area contributed by atoms with Crippen molar-refractivity contribution in [3.8, 4) is 5.75 Å². The number of anilines is 1. The number of amides is 2. The molecule has 0 aromatic heterocycles. The van der Waals surface area contributed by atoms with Gasteiger partial charge in [-0.1, -0.05) is 39.2 Å². The summed E-state index contributed by atoms with van der Waals surface area (Å²) in [6.45, 7) is 6.99. The van der Waals surface area contributed by atoms with Crippen molar-refractivity contribution in [1.82, 2.24) is 5.32 Å². The molecule has 1 aromatic carbocycles. The number of hydrogen-bond donors (Lipinski definition) is 1. The molecule has 1 saturated carbocycles. The van der Waals surface area contributed by atoms with Gasteiger partial charge < -0.3 is 14.8 Å². The fraction of sp³-hybridized carbons (Fsp3) is 0.609. The van der Waals surface area contributed by atoms with E-state index in [0.717, 1.165) is 31.2 Å². The van der Waals surface area contributed by atoms with E-state index in [1.165, 1.54) is 11.3 Å². The molecule has 0 spiro atoms. The monoisotopic (exact) mass is 416 g/mol. The second-order valence-corrected chi connectivity index (χ2v) is 8.65. The molecule has 1 heterocycles. The molecule has 0 saturated heterocycles. The first kappa shape index (κ1) is 22.1. The van der Waals surface area contributed by atoms with E-state index in [1.807, 2.05) is 32.9 Å². The fourth-order valence-corrected chi connectivity index (χ4v) is 4.01. The van der Waals surface area contributed by atoms with Gasteiger partial charge in [0.2, 0.25) is 0 Å². The number of benzene rings is 1. The average Bonchev–Trinajstić information content (AvgIpc) is 2.70. The summed E-state index contributed by atoms with van der Waals surface area (Å²) in [5.41, 5.74) is 1.49. The maximum atomic E-state index is 12.8. The Morgan fingerprint density at radius 3 is 2.60 bits per heavy atom. The number of carbonyl (C=O) groups is 3. The lowest BCUT2D eigenvalue weighted by Gasteiger charge is -2.33. The van der Waals surface area contributed by atoms with E-state index >= 15 is 0 Å². The van der Waals surface area contributed by atoms with Gasteiger partial charge in [0, 0.05) is 6.04 Å². The predicted molar refractivity (Wildman–Crippen MR) is 113 cm³/mol. The Balaban J connectivity index is 1.68. The van der Waals surface area contributed by atoms with Crippen molar-refractivity contribution in [2.45, 2.75) is 78.0 Å². The highest BCUT2D eigenvalue weighted by molar-refractivity contribution is 6.03. The molecule has 2 amide bonds. The molecule has 1 aliphatic heterocycles. The lowest BCUT2D eigenvalue weighted by molar-refractivity contribution is -0.158. The molecular formula is C23H32N2O5. The Morgan fingerprint density at radius 1 is 1.23 bits per heavy atom. The zero-order valence-electron chi connectivity index (χ0n) is 18.3. The van der Waals surface area contributed by atoms with Crippen LogP contribution in [0.25, 0.3) is 0 Å². The van der Waals surface area contributed by atoms with Crippen molar-refractivity contribution in [3.05, 3.63) is 23.8 Å². The summed E-state index contributed by atoms with van der Waals surface area (Å²) in [5.74, 6) is -0.800. The van der Waals surface area contributed by atoms with Gasteiger partial charge in [-0.3, -0.25) is 19.3 Å². The molecular weight excluding hydrogens is 384 g/mol. The molecule has 164 valence electrons. The van der Waals surface area contributed by atoms with Crippen LogP contribution in [0.1, 0.15) is 58.4 Å². The topological polar surface area (TPSA) is 84.9 Å². The molecule has 1 aliphatic carbocycles. The number of ether oxygens (including phenoxy) is 2. The van der Waals surface area contributed by atoms with Crippen molar-refractivity contribution >= 4 is 23.5 Å². The van der Waals surface area contributed by atoms with Crippen molar-refractivity contribution in [1.29, 1.82) is 0 Å². The first-order valence-electron chi connectivity index (χ1n) is 10.8. The molecule has 7 heteroatoms. The van der Waals surface area contributed by atoms with Crippen LogP contribution in [0.2, 0.25) is 0 Å². The van der Waals surface area contributed by atoms with E-state index in [4.69, 9.17) is 9.47 Å². The number of nitrogens with one attached hydrogen (secondary N) is 1. The number of hydrogen-bond acceptors (Lipinski definition) is 5. The molecule has 0 bridgehead atoms. The minimum absolute atomic E-state index is 0.141. The van der Waals surface area contributed by atoms with Gasteiger partial charge in [0.05, 0.1) is 5.69 Å². The standard InChI is InChI=1S/C23H32N2O5/c1-14(2)21(22(27)24-17-8-6-5-7-9-17)30-20(26)13-25-18-12-15(3)10-11-19(18)29-16(4)23(25)28/h10-12,14,16-17,21H,5-9,13H2,1-4H3,(H,24,27). The highest BCUT2D eigenvalue weighted by atomic mass is 16.5. The van der Waals surface area contributed by atoms with Crippen LogP contribution in [0, 0.1) is 12.8 Å². The van der Waals surface area contributed by atoms with Crippen LogP contribution < -0.4 is 15.0 Å². The SMILES string of the molecule is Cc1ccc2c(c1)N(CC(=O)OC(C(=O)NC1CCCCC1)C(C)C)C(=O)C(C)O2. The highest BCUT2D eigenvalue weighted by Gasteiger charge is 2.35. The van der Waals surface area contributed by atoms with Gasteiger partial charge in [-0.05, 0) is 50.3 Å². The van der Waals surface area contributed by atoms with E-state index in [-0.39, 0.29) is 30.3 Å². The van der Waals surface area contributed by atoms with Crippen molar-refractivity contribution < 1.29 is 23.9 Å². The first-order chi connectivity index (χ1) is 14.3. The van der Waals surface area contributed by atoms with Gasteiger partial charge in [0.1, 0.15) is 12.3 Å². The van der Waals surface area contributed by atoms with E-state index < -0.39 is 18.2 Å². The Kier molecular flexibility index (Phi) is 7.00. The summed E-state index contributed by atoms with van der Waals surface area (Å²) in [6.07, 6.45) is 3.75. The summed E-state index contributed by atoms with van der Waals surface area (Å²) >= 11 is 0. The van der Waals surface area contributed by atoms with Crippen LogP contribution in [0.4, 0.5) is 5.69 Å². The molecule has 2 atom stereocenters. The molecule has 0 radical (unpaired) electrons. The van der Waals surface area contributed by atoms with Gasteiger partial charge >= 0.3 is 5.97 Å². The lowest BCUT2D eigenvalue weighted by atomic mass is 9.95. The third kappa shape index (κ3) is 5.12. The van der Waals surface area contributed by atoms with Gasteiger partial charge in [-0.25, -0.2) is 0 Å². The van der Waals surface area contributed by atoms with Gasteiger partial charge in [0.25, 0.3) is 11.8 Å². The quantitative estimate of drug-likeness (QED) is 0.720. The molecule has 2 aliphatic rings. The van der Waals surface area contributed by atoms with Crippen LogP contribution in [0.15, 0.2) is 18.2 Å². The Hall–Kier alpha value is -2.57. The van der Waals surface area contributed by atoms with Gasteiger partial charge in [-0.15, -0.1) is 0 Å². The Morgan fingerprint density at radius 2 is 1.93 bits per heavy atom. The fourth-order valence-electron chi connectivity index (χ4n) is 4.01. The summed E-state index contributed by atoms with van der Waals surface area (Å²) in [6, 6.07) is 5.63. The predicted octanol–water partition coefficient (Wildman–Crippen LogP) is 3.13. The number of fused-ring (bicyclic) bond motifs is 1. The molecule has 2 unspecified atom stereocenters. The van der Waals surface area contributed by atoms with E-state index in [1.54, 1.807) is 13.0 Å². The Labute approximate surface area is 178 Å². The second kappa shape index (κ2) is 9.49. The van der Waals surface area contributed by atoms with Crippen LogP contribution in [-0.4, -0.2) is 42.6 Å². The maximum absolute atomic E-state index is 12.8. The summed E-state index contributed by atoms with van der Waals surface area (Å²) in [5, 5.41) is 3.03. The number of nitrogens with zero attached hydrogens (tertiary/aromatic N) is 1. The molecule has 1 N–H and O–H groups in total. The molecule has 1 fully saturated rings. The highest BCUT2D eigenvalue weighted by Crippen LogP contribution is 2.34. The van der Waals surface area contributed by atoms with Crippen LogP contribution >= 0.6 is 0 Å². The summed E-state index contributed by atoms with van der Waals surface area (Å²) in [7, 11) is 0. The molecule has 1 aromatic rings. The second-order valence-electron chi connectivity index (χ2n) is 8.65. The molecule has 30 heavy (non-hydrogen) atoms. The number of aryl methyl sites for hydroxylation is 1. The lowest BCUT2D eigenvalue weighted by Crippen LogP contribution is -2.49.